The van der Waals surface area contributed by atoms with E-state index in [0.29, 0.717) is 31.1 Å². The number of ether oxygens (including phenoxy) is 1. The summed E-state index contributed by atoms with van der Waals surface area (Å²) in [5, 5.41) is 5.96. The van der Waals surface area contributed by atoms with Crippen molar-refractivity contribution >= 4 is 10.1 Å². The van der Waals surface area contributed by atoms with Crippen molar-refractivity contribution in [1.82, 2.24) is 0 Å². The van der Waals surface area contributed by atoms with Crippen LogP contribution in [0.1, 0.15) is 46.0 Å². The SMILES string of the molecule is C=C(OCC1(C)CC2CC(C2)CC(C)(O)C1)C(F)(F)S(=O)(=O)O. The van der Waals surface area contributed by atoms with E-state index in [0.717, 1.165) is 12.8 Å². The van der Waals surface area contributed by atoms with Crippen molar-refractivity contribution in [2.24, 2.45) is 17.3 Å². The maximum atomic E-state index is 13.5. The molecule has 2 bridgehead atoms. The molecule has 0 spiro atoms. The Balaban J connectivity index is 2.06. The highest BCUT2D eigenvalue weighted by Gasteiger charge is 2.50. The Morgan fingerprint density at radius 2 is 1.83 bits per heavy atom. The van der Waals surface area contributed by atoms with Crippen LogP contribution in [0.25, 0.3) is 0 Å². The molecule has 23 heavy (non-hydrogen) atoms. The first-order chi connectivity index (χ1) is 10.2. The highest BCUT2D eigenvalue weighted by atomic mass is 32.2. The van der Waals surface area contributed by atoms with Crippen LogP contribution in [0.15, 0.2) is 12.3 Å². The Morgan fingerprint density at radius 1 is 1.30 bits per heavy atom. The molecule has 3 aliphatic rings. The van der Waals surface area contributed by atoms with Crippen molar-refractivity contribution in [3.8, 4) is 0 Å². The molecule has 134 valence electrons. The predicted molar refractivity (Wildman–Crippen MR) is 80.4 cm³/mol. The molecular weight excluding hydrogens is 330 g/mol. The minimum absolute atomic E-state index is 0.186. The van der Waals surface area contributed by atoms with Crippen molar-refractivity contribution < 1.29 is 31.6 Å². The third-order valence-corrected chi connectivity index (χ3v) is 5.77. The molecule has 0 aliphatic heterocycles. The Morgan fingerprint density at radius 3 is 2.35 bits per heavy atom. The summed E-state index contributed by atoms with van der Waals surface area (Å²) in [6, 6.07) is 0. The first kappa shape index (κ1) is 18.6. The molecule has 2 atom stereocenters. The lowest BCUT2D eigenvalue weighted by Gasteiger charge is -2.49. The summed E-state index contributed by atoms with van der Waals surface area (Å²) in [7, 11) is -5.62. The van der Waals surface area contributed by atoms with Crippen molar-refractivity contribution in [3.05, 3.63) is 12.3 Å². The van der Waals surface area contributed by atoms with Crippen LogP contribution in [-0.4, -0.2) is 35.5 Å². The monoisotopic (exact) mass is 354 g/mol. The van der Waals surface area contributed by atoms with E-state index >= 15 is 0 Å². The van der Waals surface area contributed by atoms with Gasteiger partial charge in [-0.3, -0.25) is 4.55 Å². The van der Waals surface area contributed by atoms with Gasteiger partial charge < -0.3 is 9.84 Å². The van der Waals surface area contributed by atoms with Crippen molar-refractivity contribution in [1.29, 1.82) is 0 Å². The maximum Gasteiger partial charge on any atom is 0.424 e. The van der Waals surface area contributed by atoms with E-state index in [1.54, 1.807) is 6.92 Å². The molecule has 0 amide bonds. The van der Waals surface area contributed by atoms with Crippen LogP contribution in [0.4, 0.5) is 8.78 Å². The van der Waals surface area contributed by atoms with Gasteiger partial charge in [0.05, 0.1) is 12.2 Å². The molecule has 0 saturated heterocycles. The molecule has 5 nitrogen and oxygen atoms in total. The third kappa shape index (κ3) is 4.03. The molecule has 0 aromatic rings. The number of rotatable bonds is 5. The van der Waals surface area contributed by atoms with Crippen molar-refractivity contribution in [2.45, 2.75) is 56.8 Å². The Hall–Kier alpha value is -0.730. The summed E-state index contributed by atoms with van der Waals surface area (Å²) in [4.78, 5) is 0. The zero-order chi connectivity index (χ0) is 17.7. The van der Waals surface area contributed by atoms with Crippen molar-refractivity contribution in [3.63, 3.8) is 0 Å². The third-order valence-electron chi connectivity index (χ3n) is 4.89. The number of alkyl halides is 2. The smallest absolute Gasteiger partial charge is 0.424 e. The largest absolute Gasteiger partial charge is 0.490 e. The molecule has 3 saturated carbocycles. The fraction of sp³-hybridized carbons (Fsp3) is 0.867. The summed E-state index contributed by atoms with van der Waals surface area (Å²) >= 11 is 0. The normalized spacial score (nSPS) is 38.2. The minimum Gasteiger partial charge on any atom is -0.490 e. The van der Waals surface area contributed by atoms with Crippen LogP contribution < -0.4 is 0 Å². The number of hydrogen-bond acceptors (Lipinski definition) is 4. The first-order valence-electron chi connectivity index (χ1n) is 7.64. The zero-order valence-electron chi connectivity index (χ0n) is 13.4. The second-order valence-corrected chi connectivity index (χ2v) is 9.26. The summed E-state index contributed by atoms with van der Waals surface area (Å²) in [5.74, 6) is -0.311. The minimum atomic E-state index is -5.62. The summed E-state index contributed by atoms with van der Waals surface area (Å²) in [6.07, 6.45) is 3.77. The van der Waals surface area contributed by atoms with E-state index in [-0.39, 0.29) is 6.61 Å². The van der Waals surface area contributed by atoms with Gasteiger partial charge in [0.1, 0.15) is 0 Å². The summed E-state index contributed by atoms with van der Waals surface area (Å²) in [6.45, 7) is 6.32. The van der Waals surface area contributed by atoms with Gasteiger partial charge in [-0.1, -0.05) is 13.5 Å². The molecule has 8 heteroatoms. The molecule has 0 aromatic heterocycles. The molecule has 3 rings (SSSR count). The van der Waals surface area contributed by atoms with Crippen LogP contribution >= 0.6 is 0 Å². The molecule has 3 aliphatic carbocycles. The van der Waals surface area contributed by atoms with E-state index in [1.165, 1.54) is 0 Å². The van der Waals surface area contributed by atoms with Gasteiger partial charge in [0.15, 0.2) is 5.76 Å². The van der Waals surface area contributed by atoms with Gasteiger partial charge in [-0.15, -0.1) is 0 Å². The van der Waals surface area contributed by atoms with Gasteiger partial charge in [0.25, 0.3) is 0 Å². The lowest BCUT2D eigenvalue weighted by molar-refractivity contribution is -0.0883. The quantitative estimate of drug-likeness (QED) is 0.586. The first-order valence-corrected chi connectivity index (χ1v) is 9.08. The molecular formula is C15H24F2O5S. The number of hydrogen-bond donors (Lipinski definition) is 2. The fourth-order valence-electron chi connectivity index (χ4n) is 4.19. The second kappa shape index (κ2) is 5.67. The highest BCUT2D eigenvalue weighted by molar-refractivity contribution is 7.87. The van der Waals surface area contributed by atoms with Gasteiger partial charge in [-0.25, -0.2) is 0 Å². The molecule has 3 fully saturated rings. The van der Waals surface area contributed by atoms with Gasteiger partial charge in [-0.2, -0.15) is 17.2 Å². The number of fused-ring (bicyclic) bond motifs is 4. The van der Waals surface area contributed by atoms with E-state index in [9.17, 15) is 22.3 Å². The standard InChI is InChI=1S/C15H24F2O5S/c1-10(15(16,17)23(19,20)21)22-9-13(2)6-11-4-12(5-11)7-14(3,18)8-13/h11-12,18H,1,4-9H2,2-3H3,(H,19,20,21). The second-order valence-electron chi connectivity index (χ2n) is 7.80. The number of halogens is 2. The van der Waals surface area contributed by atoms with Crippen LogP contribution in [0, 0.1) is 17.3 Å². The lowest BCUT2D eigenvalue weighted by atomic mass is 9.59. The van der Waals surface area contributed by atoms with E-state index < -0.39 is 32.1 Å². The van der Waals surface area contributed by atoms with Gasteiger partial charge in [0.2, 0.25) is 0 Å². The maximum absolute atomic E-state index is 13.5. The topological polar surface area (TPSA) is 83.8 Å². The summed E-state index contributed by atoms with van der Waals surface area (Å²) in [5.41, 5.74) is -1.49. The van der Waals surface area contributed by atoms with Crippen LogP contribution in [0.5, 0.6) is 0 Å². The van der Waals surface area contributed by atoms with Gasteiger partial charge in [0, 0.05) is 5.41 Å². The predicted octanol–water partition coefficient (Wildman–Crippen LogP) is 2.96. The van der Waals surface area contributed by atoms with Crippen LogP contribution in [0.2, 0.25) is 0 Å². The summed E-state index contributed by atoms with van der Waals surface area (Å²) < 4.78 is 61.9. The lowest BCUT2D eigenvalue weighted by Crippen LogP contribution is -2.45. The molecule has 0 aromatic carbocycles. The average molecular weight is 354 g/mol. The van der Waals surface area contributed by atoms with Gasteiger partial charge in [-0.05, 0) is 50.9 Å². The van der Waals surface area contributed by atoms with E-state index in [4.69, 9.17) is 9.29 Å². The molecule has 2 N–H and O–H groups in total. The molecule has 0 radical (unpaired) electrons. The van der Waals surface area contributed by atoms with E-state index in [2.05, 4.69) is 6.58 Å². The van der Waals surface area contributed by atoms with Gasteiger partial charge >= 0.3 is 15.4 Å². The highest BCUT2D eigenvalue weighted by Crippen LogP contribution is 2.51. The van der Waals surface area contributed by atoms with Crippen molar-refractivity contribution in [2.75, 3.05) is 6.61 Å². The Kier molecular flexibility index (Phi) is 4.58. The van der Waals surface area contributed by atoms with Crippen LogP contribution in [0.3, 0.4) is 0 Å². The zero-order valence-corrected chi connectivity index (χ0v) is 14.2. The van der Waals surface area contributed by atoms with Crippen LogP contribution in [-0.2, 0) is 14.9 Å². The van der Waals surface area contributed by atoms with E-state index in [1.807, 2.05) is 6.92 Å². The Labute approximate surface area is 135 Å². The molecule has 0 heterocycles. The average Bonchev–Trinajstić information content (AvgIpc) is 2.29. The molecule has 2 unspecified atom stereocenters. The fourth-order valence-corrected chi connectivity index (χ4v) is 4.54. The Bertz CT molecular complexity index is 581. The number of aliphatic hydroxyl groups is 1.